The molecular weight excluding hydrogens is 334 g/mol. The normalized spacial score (nSPS) is 11.6. The number of nitrogens with two attached hydrogens (primary N) is 1. The molecule has 2 aromatic rings. The van der Waals surface area contributed by atoms with Gasteiger partial charge in [-0.1, -0.05) is 6.07 Å². The van der Waals surface area contributed by atoms with Crippen LogP contribution in [0.4, 0.5) is 0 Å². The Morgan fingerprint density at radius 3 is 2.78 bits per heavy atom. The van der Waals surface area contributed by atoms with E-state index in [2.05, 4.69) is 15.3 Å². The summed E-state index contributed by atoms with van der Waals surface area (Å²) in [6.45, 7) is 2.35. The van der Waals surface area contributed by atoms with Crippen LogP contribution in [-0.4, -0.2) is 38.5 Å². The van der Waals surface area contributed by atoms with Crippen molar-refractivity contribution in [1.29, 1.82) is 0 Å². The maximum Gasteiger partial charge on any atom is 0.237 e. The summed E-state index contributed by atoms with van der Waals surface area (Å²) in [6, 6.07) is 3.40. The lowest BCUT2D eigenvalue weighted by atomic mass is 10.2. The summed E-state index contributed by atoms with van der Waals surface area (Å²) in [5.41, 5.74) is 6.76. The molecule has 1 atom stereocenters. The largest absolute Gasteiger partial charge is 0.351 e. The van der Waals surface area contributed by atoms with Crippen molar-refractivity contribution in [2.45, 2.75) is 25.9 Å². The molecule has 1 amide bonds. The predicted octanol–water partition coefficient (Wildman–Crippen LogP) is 1.69. The highest BCUT2D eigenvalue weighted by molar-refractivity contribution is 7.98. The minimum atomic E-state index is -0.451. The van der Waals surface area contributed by atoms with Crippen LogP contribution in [0.2, 0.25) is 0 Å². The van der Waals surface area contributed by atoms with Gasteiger partial charge in [0.15, 0.2) is 0 Å². The van der Waals surface area contributed by atoms with Crippen molar-refractivity contribution >= 4 is 30.1 Å². The third-order valence-electron chi connectivity index (χ3n) is 3.32. The molecule has 0 radical (unpaired) electrons. The van der Waals surface area contributed by atoms with Gasteiger partial charge in [-0.15, -0.1) is 12.4 Å². The minimum absolute atomic E-state index is 0. The van der Waals surface area contributed by atoms with Crippen LogP contribution < -0.4 is 11.1 Å². The number of imidazole rings is 1. The van der Waals surface area contributed by atoms with Crippen molar-refractivity contribution in [3.8, 4) is 5.82 Å². The van der Waals surface area contributed by atoms with Gasteiger partial charge < -0.3 is 11.1 Å². The highest BCUT2D eigenvalue weighted by Crippen LogP contribution is 2.08. The number of nitrogens with one attached hydrogen (secondary N) is 1. The molecule has 0 saturated carbocycles. The van der Waals surface area contributed by atoms with Crippen molar-refractivity contribution in [1.82, 2.24) is 19.9 Å². The van der Waals surface area contributed by atoms with Crippen LogP contribution in [0, 0.1) is 6.92 Å². The molecule has 126 valence electrons. The second-order valence-corrected chi connectivity index (χ2v) is 5.96. The van der Waals surface area contributed by atoms with Crippen molar-refractivity contribution < 1.29 is 4.79 Å². The van der Waals surface area contributed by atoms with Crippen LogP contribution >= 0.6 is 24.2 Å². The fraction of sp³-hybridized carbons (Fsp3) is 0.400. The molecule has 3 N–H and O–H groups in total. The lowest BCUT2D eigenvalue weighted by Gasteiger charge is -2.12. The van der Waals surface area contributed by atoms with E-state index in [-0.39, 0.29) is 18.3 Å². The summed E-state index contributed by atoms with van der Waals surface area (Å²) in [4.78, 5) is 20.4. The number of carbonyl (C=O) groups excluding carboxylic acids is 1. The highest BCUT2D eigenvalue weighted by Gasteiger charge is 2.12. The second-order valence-electron chi connectivity index (χ2n) is 4.97. The minimum Gasteiger partial charge on any atom is -0.351 e. The quantitative estimate of drug-likeness (QED) is 0.789. The summed E-state index contributed by atoms with van der Waals surface area (Å²) in [5, 5.41) is 2.84. The molecule has 0 aromatic carbocycles. The Balaban J connectivity index is 0.00000264. The van der Waals surface area contributed by atoms with E-state index in [0.717, 1.165) is 23.0 Å². The summed E-state index contributed by atoms with van der Waals surface area (Å²) in [6.07, 6.45) is 8.04. The molecule has 0 saturated heterocycles. The number of carbonyl (C=O) groups is 1. The summed E-state index contributed by atoms with van der Waals surface area (Å²) in [5.74, 6) is 2.45. The zero-order chi connectivity index (χ0) is 15.9. The molecule has 1 unspecified atom stereocenters. The number of halogens is 1. The van der Waals surface area contributed by atoms with E-state index >= 15 is 0 Å². The third-order valence-corrected chi connectivity index (χ3v) is 3.96. The van der Waals surface area contributed by atoms with Gasteiger partial charge in [0.25, 0.3) is 0 Å². The lowest BCUT2D eigenvalue weighted by Crippen LogP contribution is -2.40. The zero-order valence-corrected chi connectivity index (χ0v) is 14.9. The number of pyridine rings is 1. The van der Waals surface area contributed by atoms with Gasteiger partial charge in [0.05, 0.1) is 6.04 Å². The molecule has 0 aliphatic rings. The average Bonchev–Trinajstić information content (AvgIpc) is 2.96. The predicted molar refractivity (Wildman–Crippen MR) is 96.2 cm³/mol. The molecule has 0 aliphatic heterocycles. The summed E-state index contributed by atoms with van der Waals surface area (Å²) in [7, 11) is 0. The Labute approximate surface area is 146 Å². The number of hydrogen-bond acceptors (Lipinski definition) is 5. The van der Waals surface area contributed by atoms with Crippen LogP contribution in [0.15, 0.2) is 30.7 Å². The van der Waals surface area contributed by atoms with E-state index in [9.17, 15) is 4.79 Å². The maximum absolute atomic E-state index is 11.8. The molecule has 2 rings (SSSR count). The number of amides is 1. The first-order chi connectivity index (χ1) is 10.6. The van der Waals surface area contributed by atoms with Crippen molar-refractivity contribution in [3.63, 3.8) is 0 Å². The maximum atomic E-state index is 11.8. The van der Waals surface area contributed by atoms with Crippen LogP contribution in [0.1, 0.15) is 17.8 Å². The Kier molecular flexibility index (Phi) is 8.08. The molecule has 0 aliphatic carbocycles. The number of nitrogens with zero attached hydrogens (tertiary/aromatic N) is 3. The smallest absolute Gasteiger partial charge is 0.237 e. The zero-order valence-electron chi connectivity index (χ0n) is 13.2. The number of thioether (sulfide) groups is 1. The van der Waals surface area contributed by atoms with E-state index in [1.165, 1.54) is 0 Å². The van der Waals surface area contributed by atoms with Gasteiger partial charge in [-0.3, -0.25) is 9.36 Å². The van der Waals surface area contributed by atoms with Gasteiger partial charge in [0, 0.05) is 25.1 Å². The van der Waals surface area contributed by atoms with Crippen LogP contribution in [-0.2, 0) is 11.3 Å². The first kappa shape index (κ1) is 19.5. The van der Waals surface area contributed by atoms with Crippen molar-refractivity contribution in [3.05, 3.63) is 42.1 Å². The van der Waals surface area contributed by atoms with E-state index in [1.54, 1.807) is 24.2 Å². The van der Waals surface area contributed by atoms with Gasteiger partial charge >= 0.3 is 0 Å². The molecule has 23 heavy (non-hydrogen) atoms. The number of hydrogen-bond donors (Lipinski definition) is 2. The van der Waals surface area contributed by atoms with Gasteiger partial charge in [-0.05, 0) is 37.0 Å². The van der Waals surface area contributed by atoms with Crippen molar-refractivity contribution in [2.75, 3.05) is 12.0 Å². The number of aromatic nitrogens is 3. The third kappa shape index (κ3) is 5.53. The standard InChI is InChI=1S/C15H21N5OS.ClH/c1-11-17-6-7-20(11)14-4-3-12(9-18-14)10-19-15(21)13(16)5-8-22-2;/h3-4,6-7,9,13H,5,8,10,16H2,1-2H3,(H,19,21);1H. The average molecular weight is 356 g/mol. The van der Waals surface area contributed by atoms with Gasteiger partial charge in [-0.2, -0.15) is 11.8 Å². The Morgan fingerprint density at radius 1 is 1.43 bits per heavy atom. The number of rotatable bonds is 7. The fourth-order valence-corrected chi connectivity index (χ4v) is 2.47. The summed E-state index contributed by atoms with van der Waals surface area (Å²) < 4.78 is 1.90. The first-order valence-corrected chi connectivity index (χ1v) is 8.48. The fourth-order valence-electron chi connectivity index (χ4n) is 1.98. The molecule has 0 fully saturated rings. The Hall–Kier alpha value is -1.57. The molecule has 8 heteroatoms. The summed E-state index contributed by atoms with van der Waals surface area (Å²) >= 11 is 1.69. The Morgan fingerprint density at radius 2 is 2.22 bits per heavy atom. The van der Waals surface area contributed by atoms with Crippen LogP contribution in [0.25, 0.3) is 5.82 Å². The monoisotopic (exact) mass is 355 g/mol. The molecule has 2 aromatic heterocycles. The van der Waals surface area contributed by atoms with Crippen molar-refractivity contribution in [2.24, 2.45) is 5.73 Å². The van der Waals surface area contributed by atoms with Gasteiger partial charge in [0.1, 0.15) is 11.6 Å². The number of aryl methyl sites for hydroxylation is 1. The topological polar surface area (TPSA) is 85.8 Å². The van der Waals surface area contributed by atoms with E-state index < -0.39 is 6.04 Å². The van der Waals surface area contributed by atoms with Gasteiger partial charge in [0.2, 0.25) is 5.91 Å². The Bertz CT molecular complexity index is 617. The molecular formula is C15H22ClN5OS. The van der Waals surface area contributed by atoms with Crippen LogP contribution in [0.3, 0.4) is 0 Å². The molecule has 6 nitrogen and oxygen atoms in total. The lowest BCUT2D eigenvalue weighted by molar-refractivity contribution is -0.122. The molecule has 2 heterocycles. The second kappa shape index (κ2) is 9.54. The van der Waals surface area contributed by atoms with E-state index in [0.29, 0.717) is 13.0 Å². The van der Waals surface area contributed by atoms with E-state index in [1.807, 2.05) is 36.1 Å². The molecule has 0 spiro atoms. The molecule has 0 bridgehead atoms. The van der Waals surface area contributed by atoms with Crippen LogP contribution in [0.5, 0.6) is 0 Å². The SMILES string of the molecule is CSCCC(N)C(=O)NCc1ccc(-n2ccnc2C)nc1.Cl. The van der Waals surface area contributed by atoms with E-state index in [4.69, 9.17) is 5.73 Å². The van der Waals surface area contributed by atoms with Gasteiger partial charge in [-0.25, -0.2) is 9.97 Å². The first-order valence-electron chi connectivity index (χ1n) is 7.09. The highest BCUT2D eigenvalue weighted by atomic mass is 35.5.